The molecule has 1 aliphatic rings. The van der Waals surface area contributed by atoms with Crippen LogP contribution in [0, 0.1) is 5.41 Å². The highest BCUT2D eigenvalue weighted by atomic mass is 16.5. The van der Waals surface area contributed by atoms with Gasteiger partial charge in [-0.1, -0.05) is 0 Å². The maximum Gasteiger partial charge on any atom is 0.225 e. The Hall–Kier alpha value is -1.89. The average Bonchev–Trinajstić information content (AvgIpc) is 2.73. The van der Waals surface area contributed by atoms with Crippen LogP contribution in [0.1, 0.15) is 19.2 Å². The number of nitrogen functional groups attached to an aromatic ring is 1. The first-order chi connectivity index (χ1) is 8.94. The molecule has 0 aromatic carbocycles. The molecular weight excluding hydrogens is 246 g/mol. The minimum absolute atomic E-state index is 0.283. The van der Waals surface area contributed by atoms with Gasteiger partial charge in [0.2, 0.25) is 5.91 Å². The molecule has 2 rings (SSSR count). The van der Waals surface area contributed by atoms with Gasteiger partial charge in [-0.05, 0) is 13.3 Å². The second kappa shape index (κ2) is 5.00. The number of aromatic nitrogens is 2. The fourth-order valence-corrected chi connectivity index (χ4v) is 2.22. The standard InChI is InChI=1S/C12H19N5O2/c1-12(11(14)18)3-4-17(7-12)10-5-8(13)15-9(16-10)6-19-2/h5H,3-4,6-7H2,1-2H3,(H2,14,18)(H2,13,15,16). The summed E-state index contributed by atoms with van der Waals surface area (Å²) in [7, 11) is 1.58. The summed E-state index contributed by atoms with van der Waals surface area (Å²) < 4.78 is 5.01. The number of carbonyl (C=O) groups excluding carboxylic acids is 1. The van der Waals surface area contributed by atoms with Crippen molar-refractivity contribution >= 4 is 17.5 Å². The molecule has 104 valence electrons. The first kappa shape index (κ1) is 13.5. The molecule has 1 saturated heterocycles. The smallest absolute Gasteiger partial charge is 0.225 e. The highest BCUT2D eigenvalue weighted by Crippen LogP contribution is 2.32. The Morgan fingerprint density at radius 3 is 2.89 bits per heavy atom. The number of nitrogens with zero attached hydrogens (tertiary/aromatic N) is 3. The minimum atomic E-state index is -0.513. The maximum atomic E-state index is 11.5. The summed E-state index contributed by atoms with van der Waals surface area (Å²) in [4.78, 5) is 21.9. The topological polar surface area (TPSA) is 107 Å². The van der Waals surface area contributed by atoms with E-state index in [1.54, 1.807) is 13.2 Å². The predicted octanol–water partition coefficient (Wildman–Crippen LogP) is -0.0931. The molecule has 0 bridgehead atoms. The first-order valence-electron chi connectivity index (χ1n) is 6.12. The molecule has 1 unspecified atom stereocenters. The Balaban J connectivity index is 2.21. The van der Waals surface area contributed by atoms with E-state index in [0.717, 1.165) is 6.54 Å². The van der Waals surface area contributed by atoms with E-state index in [-0.39, 0.29) is 5.91 Å². The molecule has 1 aromatic rings. The minimum Gasteiger partial charge on any atom is -0.384 e. The van der Waals surface area contributed by atoms with Crippen LogP contribution in [0.4, 0.5) is 11.6 Å². The average molecular weight is 265 g/mol. The molecule has 19 heavy (non-hydrogen) atoms. The normalized spacial score (nSPS) is 22.7. The molecule has 1 aromatic heterocycles. The van der Waals surface area contributed by atoms with Gasteiger partial charge in [0.1, 0.15) is 18.2 Å². The number of anilines is 2. The number of hydrogen-bond donors (Lipinski definition) is 2. The summed E-state index contributed by atoms with van der Waals surface area (Å²) in [5, 5.41) is 0. The van der Waals surface area contributed by atoms with E-state index in [1.807, 2.05) is 11.8 Å². The van der Waals surface area contributed by atoms with Crippen molar-refractivity contribution in [1.29, 1.82) is 0 Å². The largest absolute Gasteiger partial charge is 0.384 e. The third-order valence-corrected chi connectivity index (χ3v) is 3.44. The van der Waals surface area contributed by atoms with E-state index < -0.39 is 5.41 Å². The molecule has 7 heteroatoms. The van der Waals surface area contributed by atoms with Gasteiger partial charge >= 0.3 is 0 Å². The molecule has 0 aliphatic carbocycles. The van der Waals surface area contributed by atoms with Gasteiger partial charge in [0, 0.05) is 26.3 Å². The summed E-state index contributed by atoms with van der Waals surface area (Å²) in [5.41, 5.74) is 10.7. The third-order valence-electron chi connectivity index (χ3n) is 3.44. The zero-order valence-corrected chi connectivity index (χ0v) is 11.2. The van der Waals surface area contributed by atoms with Gasteiger partial charge in [0.25, 0.3) is 0 Å². The van der Waals surface area contributed by atoms with Crippen LogP contribution < -0.4 is 16.4 Å². The lowest BCUT2D eigenvalue weighted by atomic mass is 9.89. The van der Waals surface area contributed by atoms with Crippen LogP contribution in [0.15, 0.2) is 6.07 Å². The lowest BCUT2D eigenvalue weighted by molar-refractivity contribution is -0.125. The number of ether oxygens (including phenoxy) is 1. The van der Waals surface area contributed by atoms with Crippen molar-refractivity contribution in [2.45, 2.75) is 20.0 Å². The predicted molar refractivity (Wildman–Crippen MR) is 71.3 cm³/mol. The number of nitrogens with two attached hydrogens (primary N) is 2. The summed E-state index contributed by atoms with van der Waals surface area (Å²) in [6.45, 7) is 3.45. The molecule has 1 fully saturated rings. The zero-order chi connectivity index (χ0) is 14.0. The zero-order valence-electron chi connectivity index (χ0n) is 11.2. The highest BCUT2D eigenvalue weighted by molar-refractivity contribution is 5.82. The van der Waals surface area contributed by atoms with Crippen LogP contribution in [-0.4, -0.2) is 36.1 Å². The fourth-order valence-electron chi connectivity index (χ4n) is 2.22. The number of rotatable bonds is 4. The Morgan fingerprint density at radius 1 is 1.58 bits per heavy atom. The molecule has 0 spiro atoms. The van der Waals surface area contributed by atoms with E-state index >= 15 is 0 Å². The first-order valence-corrected chi connectivity index (χ1v) is 6.12. The van der Waals surface area contributed by atoms with E-state index in [0.29, 0.717) is 37.0 Å². The van der Waals surface area contributed by atoms with Gasteiger partial charge in [-0.3, -0.25) is 4.79 Å². The SMILES string of the molecule is COCc1nc(N)cc(N2CCC(C)(C(N)=O)C2)n1. The van der Waals surface area contributed by atoms with E-state index in [9.17, 15) is 4.79 Å². The fraction of sp³-hybridized carbons (Fsp3) is 0.583. The van der Waals surface area contributed by atoms with Gasteiger partial charge in [-0.25, -0.2) is 9.97 Å². The summed E-state index contributed by atoms with van der Waals surface area (Å²) >= 11 is 0. The van der Waals surface area contributed by atoms with Gasteiger partial charge < -0.3 is 21.1 Å². The second-order valence-electron chi connectivity index (χ2n) is 5.10. The molecule has 1 amide bonds. The van der Waals surface area contributed by atoms with Crippen LogP contribution in [0.3, 0.4) is 0 Å². The van der Waals surface area contributed by atoms with E-state index in [2.05, 4.69) is 9.97 Å². The maximum absolute atomic E-state index is 11.5. The summed E-state index contributed by atoms with van der Waals surface area (Å²) in [6.07, 6.45) is 0.714. The summed E-state index contributed by atoms with van der Waals surface area (Å²) in [5.74, 6) is 1.36. The Bertz CT molecular complexity index is 493. The van der Waals surface area contributed by atoms with Gasteiger partial charge in [-0.2, -0.15) is 0 Å². The van der Waals surface area contributed by atoms with Gasteiger partial charge in [0.05, 0.1) is 5.41 Å². The molecule has 4 N–H and O–H groups in total. The van der Waals surface area contributed by atoms with Crippen molar-refractivity contribution in [3.63, 3.8) is 0 Å². The van der Waals surface area contributed by atoms with Crippen LogP contribution >= 0.6 is 0 Å². The van der Waals surface area contributed by atoms with Crippen molar-refractivity contribution in [3.8, 4) is 0 Å². The van der Waals surface area contributed by atoms with Crippen molar-refractivity contribution in [3.05, 3.63) is 11.9 Å². The Kier molecular flexibility index (Phi) is 3.57. The quantitative estimate of drug-likeness (QED) is 0.787. The van der Waals surface area contributed by atoms with Crippen LogP contribution in [0.5, 0.6) is 0 Å². The van der Waals surface area contributed by atoms with Gasteiger partial charge in [-0.15, -0.1) is 0 Å². The summed E-state index contributed by atoms with van der Waals surface area (Å²) in [6, 6.07) is 1.70. The van der Waals surface area contributed by atoms with Crippen molar-refractivity contribution < 1.29 is 9.53 Å². The number of methoxy groups -OCH3 is 1. The molecule has 7 nitrogen and oxygen atoms in total. The van der Waals surface area contributed by atoms with Crippen LogP contribution in [0.2, 0.25) is 0 Å². The monoisotopic (exact) mass is 265 g/mol. The number of amides is 1. The van der Waals surface area contributed by atoms with Crippen molar-refractivity contribution in [2.24, 2.45) is 11.1 Å². The Labute approximate surface area is 111 Å². The number of primary amides is 1. The Morgan fingerprint density at radius 2 is 2.32 bits per heavy atom. The van der Waals surface area contributed by atoms with E-state index in [1.165, 1.54) is 0 Å². The molecule has 0 saturated carbocycles. The molecule has 0 radical (unpaired) electrons. The highest BCUT2D eigenvalue weighted by Gasteiger charge is 2.39. The lowest BCUT2D eigenvalue weighted by Crippen LogP contribution is -2.37. The molecule has 1 aliphatic heterocycles. The number of hydrogen-bond acceptors (Lipinski definition) is 6. The third kappa shape index (κ3) is 2.76. The van der Waals surface area contributed by atoms with Crippen molar-refractivity contribution in [1.82, 2.24) is 9.97 Å². The second-order valence-corrected chi connectivity index (χ2v) is 5.10. The van der Waals surface area contributed by atoms with Crippen LogP contribution in [0.25, 0.3) is 0 Å². The molecule has 2 heterocycles. The molecule has 1 atom stereocenters. The lowest BCUT2D eigenvalue weighted by Gasteiger charge is -2.22. The van der Waals surface area contributed by atoms with Crippen LogP contribution in [-0.2, 0) is 16.1 Å². The molecular formula is C12H19N5O2. The van der Waals surface area contributed by atoms with Gasteiger partial charge in [0.15, 0.2) is 5.82 Å². The van der Waals surface area contributed by atoms with Crippen molar-refractivity contribution in [2.75, 3.05) is 30.8 Å². The number of carbonyl (C=O) groups is 1. The van der Waals surface area contributed by atoms with E-state index in [4.69, 9.17) is 16.2 Å².